The summed E-state index contributed by atoms with van der Waals surface area (Å²) < 4.78 is 5.15. The Hall–Kier alpha value is 0.220. The van der Waals surface area contributed by atoms with E-state index in [1.165, 1.54) is 0 Å². The number of carbonyl (C=O) groups is 3. The van der Waals surface area contributed by atoms with Gasteiger partial charge in [0.1, 0.15) is 12.1 Å². The molecule has 0 aromatic rings. The van der Waals surface area contributed by atoms with Crippen LogP contribution in [0.15, 0.2) is 0 Å². The lowest BCUT2D eigenvalue weighted by Crippen LogP contribution is -2.31. The summed E-state index contributed by atoms with van der Waals surface area (Å²) in [7, 11) is 0. The van der Waals surface area contributed by atoms with Gasteiger partial charge in [-0.1, -0.05) is 0 Å². The van der Waals surface area contributed by atoms with Gasteiger partial charge < -0.3 is 14.7 Å². The fourth-order valence-corrected chi connectivity index (χ4v) is 2.55. The molecule has 2 atom stereocenters. The quantitative estimate of drug-likeness (QED) is 0.374. The molecule has 0 unspecified atom stereocenters. The molecule has 0 rings (SSSR count). The van der Waals surface area contributed by atoms with Crippen LogP contribution >= 0.6 is 67.7 Å². The molecule has 8 nitrogen and oxygen atoms in total. The van der Waals surface area contributed by atoms with Crippen LogP contribution in [0.5, 0.6) is 0 Å². The normalized spacial score (nSPS) is 12.8. The first kappa shape index (κ1) is 25.5. The first-order valence-electron chi connectivity index (χ1n) is 6.00. The topological polar surface area (TPSA) is 122 Å². The molecule has 0 aromatic carbocycles. The second kappa shape index (κ2) is 15.7. The van der Waals surface area contributed by atoms with Crippen LogP contribution < -0.4 is 10.6 Å². The molecular formula is C10H17Br2Cl2N3O5S. The maximum atomic E-state index is 10.8. The Labute approximate surface area is 165 Å². The molecule has 0 fully saturated rings. The highest BCUT2D eigenvalue weighted by molar-refractivity contribution is 9.08. The minimum Gasteiger partial charge on any atom is -0.480 e. The molecule has 0 spiro atoms. The minimum atomic E-state index is -1.11. The van der Waals surface area contributed by atoms with Gasteiger partial charge in [0.05, 0.1) is 0 Å². The lowest BCUT2D eigenvalue weighted by Gasteiger charge is -2.13. The Morgan fingerprint density at radius 1 is 1.43 bits per heavy atom. The van der Waals surface area contributed by atoms with Crippen molar-refractivity contribution in [2.75, 3.05) is 12.0 Å². The van der Waals surface area contributed by atoms with E-state index in [1.807, 2.05) is 6.26 Å². The average molecular weight is 522 g/mol. The SMILES string of the molecule is CSCC[C@H](NCl)C(=O)OBr.NC(=O)CC[C@@H](C(=O)O)N(Cl)Br. The molecule has 0 aliphatic heterocycles. The molecule has 0 radical (unpaired) electrons. The van der Waals surface area contributed by atoms with Crippen LogP contribution in [0.2, 0.25) is 0 Å². The van der Waals surface area contributed by atoms with Gasteiger partial charge in [-0.3, -0.25) is 9.59 Å². The predicted octanol–water partition coefficient (Wildman–Crippen LogP) is 2.18. The number of nitrogens with zero attached hydrogens (tertiary/aromatic N) is 1. The smallest absolute Gasteiger partial charge is 0.335 e. The number of nitrogens with one attached hydrogen (secondary N) is 1. The van der Waals surface area contributed by atoms with Crippen molar-refractivity contribution in [3.63, 3.8) is 0 Å². The number of rotatable bonds is 10. The van der Waals surface area contributed by atoms with E-state index in [-0.39, 0.29) is 12.8 Å². The van der Waals surface area contributed by atoms with Crippen LogP contribution in [-0.4, -0.2) is 50.5 Å². The fourth-order valence-electron chi connectivity index (χ4n) is 1.09. The third kappa shape index (κ3) is 14.3. The average Bonchev–Trinajstić information content (AvgIpc) is 2.47. The predicted molar refractivity (Wildman–Crippen MR) is 97.3 cm³/mol. The molecule has 0 aliphatic rings. The highest BCUT2D eigenvalue weighted by atomic mass is 79.9. The molecule has 0 aromatic heterocycles. The number of halogens is 4. The van der Waals surface area contributed by atoms with Gasteiger partial charge in [0.25, 0.3) is 0 Å². The molecule has 0 heterocycles. The second-order valence-corrected chi connectivity index (χ2v) is 7.02. The highest BCUT2D eigenvalue weighted by Gasteiger charge is 2.23. The lowest BCUT2D eigenvalue weighted by atomic mass is 10.2. The molecule has 4 N–H and O–H groups in total. The van der Waals surface area contributed by atoms with Crippen molar-refractivity contribution in [1.29, 1.82) is 0 Å². The van der Waals surface area contributed by atoms with Gasteiger partial charge in [-0.05, 0) is 48.4 Å². The first-order valence-corrected chi connectivity index (χ1v) is 9.47. The van der Waals surface area contributed by atoms with Crippen molar-refractivity contribution in [2.24, 2.45) is 5.73 Å². The van der Waals surface area contributed by atoms with E-state index in [9.17, 15) is 14.4 Å². The first-order chi connectivity index (χ1) is 10.7. The van der Waals surface area contributed by atoms with E-state index >= 15 is 0 Å². The van der Waals surface area contributed by atoms with Crippen LogP contribution in [0.1, 0.15) is 19.3 Å². The van der Waals surface area contributed by atoms with Crippen LogP contribution in [0.4, 0.5) is 0 Å². The summed E-state index contributed by atoms with van der Waals surface area (Å²) in [5, 5.41) is 8.55. The van der Waals surface area contributed by atoms with Gasteiger partial charge in [0, 0.05) is 22.6 Å². The molecule has 136 valence electrons. The summed E-state index contributed by atoms with van der Waals surface area (Å²) in [4.78, 5) is 33.9. The maximum Gasteiger partial charge on any atom is 0.335 e. The van der Waals surface area contributed by atoms with Gasteiger partial charge >= 0.3 is 11.9 Å². The zero-order valence-corrected chi connectivity index (χ0v) is 17.5. The Morgan fingerprint density at radius 3 is 2.30 bits per heavy atom. The van der Waals surface area contributed by atoms with Crippen molar-refractivity contribution in [3.8, 4) is 0 Å². The summed E-state index contributed by atoms with van der Waals surface area (Å²) in [5.41, 5.74) is 4.83. The van der Waals surface area contributed by atoms with E-state index in [0.717, 1.165) is 9.20 Å². The van der Waals surface area contributed by atoms with Crippen molar-refractivity contribution < 1.29 is 23.3 Å². The molecule has 23 heavy (non-hydrogen) atoms. The summed E-state index contributed by atoms with van der Waals surface area (Å²) in [6.07, 6.45) is 2.70. The number of aliphatic carboxylic acids is 1. The Morgan fingerprint density at radius 2 is 2.00 bits per heavy atom. The fraction of sp³-hybridized carbons (Fsp3) is 0.700. The Kier molecular flexibility index (Phi) is 17.4. The number of nitrogens with two attached hydrogens (primary N) is 1. The Bertz CT molecular complexity index is 382. The third-order valence-corrected chi connectivity index (χ3v) is 4.24. The van der Waals surface area contributed by atoms with Crippen LogP contribution in [0.3, 0.4) is 0 Å². The van der Waals surface area contributed by atoms with Gasteiger partial charge in [-0.2, -0.15) is 11.8 Å². The van der Waals surface area contributed by atoms with Gasteiger partial charge in [-0.15, -0.1) is 3.45 Å². The third-order valence-electron chi connectivity index (χ3n) is 2.29. The van der Waals surface area contributed by atoms with Gasteiger partial charge in [0.2, 0.25) is 5.91 Å². The summed E-state index contributed by atoms with van der Waals surface area (Å²) in [6, 6.07) is -1.37. The van der Waals surface area contributed by atoms with Gasteiger partial charge in [-0.25, -0.2) is 9.63 Å². The number of primary amides is 1. The zero-order valence-electron chi connectivity index (χ0n) is 12.0. The lowest BCUT2D eigenvalue weighted by molar-refractivity contribution is -0.140. The highest BCUT2D eigenvalue weighted by Crippen LogP contribution is 2.14. The monoisotopic (exact) mass is 519 g/mol. The van der Waals surface area contributed by atoms with Crippen molar-refractivity contribution in [2.45, 2.75) is 31.3 Å². The standard InChI is InChI=1S/C5H8BrClN2O3.C5H9BrClNO2S/c6-9(7)3(5(11)12)1-2-4(8)10;1-11-3-2-4(8-7)5(9)10-6/h3H,1-2H2,(H2,8,10)(H,11,12);4,8H,2-3H2,1H3/t3-;4-/m00/s1. The molecular weight excluding hydrogens is 505 g/mol. The number of carboxylic acids is 1. The van der Waals surface area contributed by atoms with E-state index in [2.05, 4.69) is 41.1 Å². The van der Waals surface area contributed by atoms with Crippen molar-refractivity contribution in [3.05, 3.63) is 0 Å². The number of carboxylic acid groups (broad SMARTS) is 1. The largest absolute Gasteiger partial charge is 0.480 e. The molecule has 0 bridgehead atoms. The van der Waals surface area contributed by atoms with E-state index in [0.29, 0.717) is 6.42 Å². The van der Waals surface area contributed by atoms with E-state index in [1.54, 1.807) is 11.8 Å². The summed E-state index contributed by atoms with van der Waals surface area (Å²) in [5.74, 6) is -1.18. The molecule has 13 heteroatoms. The van der Waals surface area contributed by atoms with Gasteiger partial charge in [0.15, 0.2) is 16.3 Å². The summed E-state index contributed by atoms with van der Waals surface area (Å²) >= 11 is 17.6. The van der Waals surface area contributed by atoms with Crippen LogP contribution in [0.25, 0.3) is 0 Å². The molecule has 1 amide bonds. The zero-order chi connectivity index (χ0) is 18.4. The van der Waals surface area contributed by atoms with Crippen molar-refractivity contribution >= 4 is 85.6 Å². The minimum absolute atomic E-state index is 0.00815. The number of carbonyl (C=O) groups excluding carboxylic acids is 2. The molecule has 0 aliphatic carbocycles. The molecule has 0 saturated heterocycles. The number of amides is 1. The van der Waals surface area contributed by atoms with E-state index in [4.69, 9.17) is 34.4 Å². The maximum absolute atomic E-state index is 10.8. The summed E-state index contributed by atoms with van der Waals surface area (Å²) in [6.45, 7) is 0. The number of hydrogen-bond acceptors (Lipinski definition) is 7. The van der Waals surface area contributed by atoms with E-state index < -0.39 is 29.9 Å². The number of hydrogen-bond donors (Lipinski definition) is 3. The molecule has 0 saturated carbocycles. The van der Waals surface area contributed by atoms with Crippen molar-refractivity contribution in [1.82, 2.24) is 8.28 Å². The van der Waals surface area contributed by atoms with Crippen LogP contribution in [0, 0.1) is 0 Å². The second-order valence-electron chi connectivity index (χ2n) is 3.96. The number of thioether (sulfide) groups is 1. The van der Waals surface area contributed by atoms with Crippen LogP contribution in [-0.2, 0) is 18.2 Å². The Balaban J connectivity index is 0.